The summed E-state index contributed by atoms with van der Waals surface area (Å²) in [5.41, 5.74) is 4.33. The molecule has 0 unspecified atom stereocenters. The molecule has 0 bridgehead atoms. The summed E-state index contributed by atoms with van der Waals surface area (Å²) in [5, 5.41) is 9.23. The highest BCUT2D eigenvalue weighted by atomic mass is 16.5. The lowest BCUT2D eigenvalue weighted by atomic mass is 10.1. The van der Waals surface area contributed by atoms with Crippen molar-refractivity contribution >= 4 is 11.6 Å². The number of likely N-dealkylation sites (N-methyl/N-ethyl adjacent to an activating group) is 1. The van der Waals surface area contributed by atoms with Crippen LogP contribution in [0, 0.1) is 11.3 Å². The van der Waals surface area contributed by atoms with Crippen LogP contribution in [0.4, 0.5) is 5.69 Å². The molecular formula is C25H23N3O2. The zero-order valence-electron chi connectivity index (χ0n) is 16.9. The number of nitriles is 1. The third-order valence-electron chi connectivity index (χ3n) is 5.37. The number of hydrogen-bond donors (Lipinski definition) is 0. The molecule has 0 aromatic heterocycles. The number of benzene rings is 3. The fourth-order valence-electron chi connectivity index (χ4n) is 3.68. The molecular weight excluding hydrogens is 374 g/mol. The van der Waals surface area contributed by atoms with Crippen molar-refractivity contribution in [2.75, 3.05) is 25.0 Å². The maximum absolute atomic E-state index is 13.2. The zero-order valence-corrected chi connectivity index (χ0v) is 16.9. The van der Waals surface area contributed by atoms with Gasteiger partial charge in [-0.25, -0.2) is 0 Å². The van der Waals surface area contributed by atoms with E-state index in [0.717, 1.165) is 17.7 Å². The maximum atomic E-state index is 13.2. The van der Waals surface area contributed by atoms with Crippen molar-refractivity contribution < 1.29 is 9.53 Å². The molecule has 5 nitrogen and oxygen atoms in total. The summed E-state index contributed by atoms with van der Waals surface area (Å²) in [7, 11) is 2.06. The van der Waals surface area contributed by atoms with E-state index in [4.69, 9.17) is 4.74 Å². The monoisotopic (exact) mass is 397 g/mol. The standard InChI is InChI=1S/C25H23N3O2/c1-27-13-14-28(17-21-8-4-5-12-24(21)27)25(29)19-10-6-11-23(15-19)30-18-22-9-3-2-7-20(22)16-26/h2-12,15H,13-14,17-18H2,1H3. The van der Waals surface area contributed by atoms with Crippen molar-refractivity contribution in [3.63, 3.8) is 0 Å². The Morgan fingerprint density at radius 2 is 1.83 bits per heavy atom. The van der Waals surface area contributed by atoms with Crippen LogP contribution in [0.1, 0.15) is 27.0 Å². The van der Waals surface area contributed by atoms with E-state index >= 15 is 0 Å². The lowest BCUT2D eigenvalue weighted by Crippen LogP contribution is -2.34. The van der Waals surface area contributed by atoms with E-state index in [2.05, 4.69) is 30.1 Å². The third-order valence-corrected chi connectivity index (χ3v) is 5.37. The van der Waals surface area contributed by atoms with Crippen LogP contribution in [0.2, 0.25) is 0 Å². The Hall–Kier alpha value is -3.78. The largest absolute Gasteiger partial charge is 0.489 e. The molecule has 0 fully saturated rings. The number of amides is 1. The molecule has 1 aliphatic heterocycles. The Morgan fingerprint density at radius 1 is 1.03 bits per heavy atom. The van der Waals surface area contributed by atoms with Gasteiger partial charge in [0.05, 0.1) is 11.6 Å². The van der Waals surface area contributed by atoms with Crippen molar-refractivity contribution in [2.24, 2.45) is 0 Å². The van der Waals surface area contributed by atoms with Crippen LogP contribution in [0.5, 0.6) is 5.75 Å². The minimum absolute atomic E-state index is 0.0111. The van der Waals surface area contributed by atoms with E-state index in [-0.39, 0.29) is 12.5 Å². The van der Waals surface area contributed by atoms with Crippen molar-refractivity contribution in [3.8, 4) is 11.8 Å². The van der Waals surface area contributed by atoms with Crippen LogP contribution >= 0.6 is 0 Å². The number of hydrogen-bond acceptors (Lipinski definition) is 4. The molecule has 0 aliphatic carbocycles. The SMILES string of the molecule is CN1CCN(C(=O)c2cccc(OCc3ccccc3C#N)c2)Cc2ccccc21. The average molecular weight is 397 g/mol. The first kappa shape index (κ1) is 19.5. The van der Waals surface area contributed by atoms with Gasteiger partial charge in [-0.05, 0) is 35.9 Å². The second kappa shape index (κ2) is 8.71. The van der Waals surface area contributed by atoms with E-state index < -0.39 is 0 Å². The van der Waals surface area contributed by atoms with E-state index in [1.807, 2.05) is 53.4 Å². The molecule has 0 spiro atoms. The number of carbonyl (C=O) groups excluding carboxylic acids is 1. The van der Waals surface area contributed by atoms with Gasteiger partial charge in [0, 0.05) is 43.5 Å². The fourth-order valence-corrected chi connectivity index (χ4v) is 3.68. The molecule has 0 saturated heterocycles. The molecule has 1 heterocycles. The number of ether oxygens (including phenoxy) is 1. The van der Waals surface area contributed by atoms with Crippen molar-refractivity contribution in [1.82, 2.24) is 4.90 Å². The minimum Gasteiger partial charge on any atom is -0.489 e. The fraction of sp³-hybridized carbons (Fsp3) is 0.200. The predicted molar refractivity (Wildman–Crippen MR) is 116 cm³/mol. The summed E-state index contributed by atoms with van der Waals surface area (Å²) >= 11 is 0. The molecule has 5 heteroatoms. The van der Waals surface area contributed by atoms with Crippen LogP contribution in [0.3, 0.4) is 0 Å². The molecule has 150 valence electrons. The highest BCUT2D eigenvalue weighted by molar-refractivity contribution is 5.94. The lowest BCUT2D eigenvalue weighted by molar-refractivity contribution is 0.0751. The number of anilines is 1. The van der Waals surface area contributed by atoms with Crippen molar-refractivity contribution in [3.05, 3.63) is 95.1 Å². The van der Waals surface area contributed by atoms with E-state index in [1.165, 1.54) is 5.69 Å². The molecule has 30 heavy (non-hydrogen) atoms. The molecule has 1 aliphatic rings. The second-order valence-electron chi connectivity index (χ2n) is 7.36. The Kier molecular flexibility index (Phi) is 5.67. The van der Waals surface area contributed by atoms with Crippen LogP contribution in [0.15, 0.2) is 72.8 Å². The quantitative estimate of drug-likeness (QED) is 0.661. The molecule has 1 amide bonds. The zero-order chi connectivity index (χ0) is 20.9. The molecule has 0 saturated carbocycles. The van der Waals surface area contributed by atoms with Gasteiger partial charge in [-0.15, -0.1) is 0 Å². The van der Waals surface area contributed by atoms with Gasteiger partial charge in [0.1, 0.15) is 12.4 Å². The number of para-hydroxylation sites is 1. The third kappa shape index (κ3) is 4.13. The first-order chi connectivity index (χ1) is 14.7. The molecule has 0 atom stereocenters. The summed E-state index contributed by atoms with van der Waals surface area (Å²) in [6.45, 7) is 2.30. The number of rotatable bonds is 4. The minimum atomic E-state index is -0.0111. The van der Waals surface area contributed by atoms with E-state index in [0.29, 0.717) is 30.0 Å². The molecule has 0 N–H and O–H groups in total. The maximum Gasteiger partial charge on any atom is 0.254 e. The number of nitrogens with zero attached hydrogens (tertiary/aromatic N) is 3. The Labute approximate surface area is 176 Å². The van der Waals surface area contributed by atoms with Crippen LogP contribution in [-0.2, 0) is 13.2 Å². The highest BCUT2D eigenvalue weighted by Crippen LogP contribution is 2.25. The summed E-state index contributed by atoms with van der Waals surface area (Å²) < 4.78 is 5.88. The topological polar surface area (TPSA) is 56.6 Å². The summed E-state index contributed by atoms with van der Waals surface area (Å²) in [6.07, 6.45) is 0. The lowest BCUT2D eigenvalue weighted by Gasteiger charge is -2.21. The number of carbonyl (C=O) groups is 1. The van der Waals surface area contributed by atoms with Crippen LogP contribution < -0.4 is 9.64 Å². The van der Waals surface area contributed by atoms with Crippen molar-refractivity contribution in [1.29, 1.82) is 5.26 Å². The summed E-state index contributed by atoms with van der Waals surface area (Å²) in [6, 6.07) is 25.0. The normalized spacial score (nSPS) is 13.2. The van der Waals surface area contributed by atoms with Gasteiger partial charge in [0.25, 0.3) is 5.91 Å². The van der Waals surface area contributed by atoms with Crippen LogP contribution in [-0.4, -0.2) is 30.9 Å². The van der Waals surface area contributed by atoms with E-state index in [9.17, 15) is 10.1 Å². The molecule has 0 radical (unpaired) electrons. The van der Waals surface area contributed by atoms with Gasteiger partial charge in [-0.2, -0.15) is 5.26 Å². The van der Waals surface area contributed by atoms with Gasteiger partial charge in [-0.1, -0.05) is 42.5 Å². The molecule has 3 aromatic carbocycles. The van der Waals surface area contributed by atoms with Gasteiger partial charge in [-0.3, -0.25) is 4.79 Å². The van der Waals surface area contributed by atoms with Gasteiger partial charge in [0.2, 0.25) is 0 Å². The Morgan fingerprint density at radius 3 is 2.70 bits per heavy atom. The molecule has 3 aromatic rings. The van der Waals surface area contributed by atoms with Gasteiger partial charge in [0.15, 0.2) is 0 Å². The van der Waals surface area contributed by atoms with Crippen molar-refractivity contribution in [2.45, 2.75) is 13.2 Å². The van der Waals surface area contributed by atoms with Gasteiger partial charge >= 0.3 is 0 Å². The average Bonchev–Trinajstić information content (AvgIpc) is 2.96. The Balaban J connectivity index is 1.50. The highest BCUT2D eigenvalue weighted by Gasteiger charge is 2.22. The smallest absolute Gasteiger partial charge is 0.254 e. The van der Waals surface area contributed by atoms with E-state index in [1.54, 1.807) is 12.1 Å². The number of fused-ring (bicyclic) bond motifs is 1. The molecule has 4 rings (SSSR count). The summed E-state index contributed by atoms with van der Waals surface area (Å²) in [5.74, 6) is 0.601. The summed E-state index contributed by atoms with van der Waals surface area (Å²) in [4.78, 5) is 17.3. The predicted octanol–water partition coefficient (Wildman–Crippen LogP) is 4.23. The van der Waals surface area contributed by atoms with Crippen LogP contribution in [0.25, 0.3) is 0 Å². The second-order valence-corrected chi connectivity index (χ2v) is 7.36. The first-order valence-corrected chi connectivity index (χ1v) is 9.95. The first-order valence-electron chi connectivity index (χ1n) is 9.95. The Bertz CT molecular complexity index is 1100. The van der Waals surface area contributed by atoms with Gasteiger partial charge < -0.3 is 14.5 Å².